The number of carbonyl (C=O) groups excluding carboxylic acids is 2. The third-order valence-corrected chi connectivity index (χ3v) is 7.01. The summed E-state index contributed by atoms with van der Waals surface area (Å²) in [6.07, 6.45) is 7.71. The van der Waals surface area contributed by atoms with Gasteiger partial charge in [0.15, 0.2) is 0 Å². The molecule has 4 fully saturated rings. The van der Waals surface area contributed by atoms with Gasteiger partial charge in [-0.1, -0.05) is 23.7 Å². The number of rotatable bonds is 3. The molecule has 0 radical (unpaired) electrons. The highest BCUT2D eigenvalue weighted by molar-refractivity contribution is 6.41. The van der Waals surface area contributed by atoms with Crippen LogP contribution in [0.2, 0.25) is 5.02 Å². The van der Waals surface area contributed by atoms with E-state index in [4.69, 9.17) is 11.6 Å². The Balaban J connectivity index is 1.40. The van der Waals surface area contributed by atoms with Gasteiger partial charge >= 0.3 is 11.8 Å². The normalized spacial score (nSPS) is 33.8. The molecule has 4 nitrogen and oxygen atoms in total. The Hall–Kier alpha value is -1.55. The molecule has 2 N–H and O–H groups in total. The van der Waals surface area contributed by atoms with Gasteiger partial charge in [-0.2, -0.15) is 0 Å². The average molecular weight is 361 g/mol. The highest BCUT2D eigenvalue weighted by atomic mass is 35.5. The minimum absolute atomic E-state index is 0.0328. The first-order valence-electron chi connectivity index (χ1n) is 9.31. The van der Waals surface area contributed by atoms with Gasteiger partial charge in [-0.3, -0.25) is 9.59 Å². The number of carbonyl (C=O) groups is 2. The zero-order valence-corrected chi connectivity index (χ0v) is 15.3. The van der Waals surface area contributed by atoms with Gasteiger partial charge in [-0.05, 0) is 80.8 Å². The topological polar surface area (TPSA) is 58.2 Å². The fourth-order valence-electron chi connectivity index (χ4n) is 5.86. The van der Waals surface area contributed by atoms with Crippen molar-refractivity contribution in [1.82, 2.24) is 5.32 Å². The van der Waals surface area contributed by atoms with Gasteiger partial charge in [0.05, 0.1) is 10.7 Å². The molecular formula is C20H25ClN2O2. The van der Waals surface area contributed by atoms with Crippen molar-refractivity contribution >= 4 is 29.1 Å². The monoisotopic (exact) mass is 360 g/mol. The molecule has 0 aromatic heterocycles. The van der Waals surface area contributed by atoms with E-state index in [1.54, 1.807) is 24.3 Å². The van der Waals surface area contributed by atoms with Crippen LogP contribution in [0, 0.1) is 23.2 Å². The Morgan fingerprint density at radius 3 is 2.16 bits per heavy atom. The zero-order valence-electron chi connectivity index (χ0n) is 14.6. The quantitative estimate of drug-likeness (QED) is 0.800. The summed E-state index contributed by atoms with van der Waals surface area (Å²) in [5, 5.41) is 6.02. The highest BCUT2D eigenvalue weighted by Crippen LogP contribution is 2.61. The fraction of sp³-hybridized carbons (Fsp3) is 0.600. The van der Waals surface area contributed by atoms with E-state index in [0.717, 1.165) is 17.8 Å². The van der Waals surface area contributed by atoms with Crippen LogP contribution in [0.5, 0.6) is 0 Å². The van der Waals surface area contributed by atoms with Crippen molar-refractivity contribution in [2.24, 2.45) is 23.2 Å². The number of benzene rings is 1. The maximum atomic E-state index is 12.4. The molecule has 0 aliphatic heterocycles. The van der Waals surface area contributed by atoms with Crippen molar-refractivity contribution in [3.05, 3.63) is 29.3 Å². The fourth-order valence-corrected chi connectivity index (χ4v) is 6.05. The summed E-state index contributed by atoms with van der Waals surface area (Å²) in [6, 6.07) is 6.97. The van der Waals surface area contributed by atoms with Gasteiger partial charge < -0.3 is 10.6 Å². The van der Waals surface area contributed by atoms with Crippen LogP contribution in [0.1, 0.15) is 45.4 Å². The van der Waals surface area contributed by atoms with Crippen molar-refractivity contribution in [3.63, 3.8) is 0 Å². The van der Waals surface area contributed by atoms with E-state index in [9.17, 15) is 9.59 Å². The predicted octanol–water partition coefficient (Wildman–Crippen LogP) is 4.00. The molecule has 1 aromatic carbocycles. The van der Waals surface area contributed by atoms with E-state index >= 15 is 0 Å². The van der Waals surface area contributed by atoms with Crippen LogP contribution in [-0.4, -0.2) is 17.9 Å². The van der Waals surface area contributed by atoms with Crippen LogP contribution in [0.25, 0.3) is 0 Å². The molecule has 5 heteroatoms. The van der Waals surface area contributed by atoms with E-state index in [-0.39, 0.29) is 11.5 Å². The van der Waals surface area contributed by atoms with Gasteiger partial charge in [-0.25, -0.2) is 0 Å². The number of anilines is 1. The SMILES string of the molecule is CC(NC(=O)C(=O)Nc1ccccc1Cl)C12CC3CC(CC(C3)C1)C2. The Morgan fingerprint density at radius 2 is 1.60 bits per heavy atom. The minimum atomic E-state index is -0.648. The standard InChI is InChI=1S/C20H25ClN2O2/c1-12(20-9-13-6-14(10-20)8-15(7-13)11-20)22-18(24)19(25)23-17-5-3-2-4-16(17)21/h2-5,12-15H,6-11H2,1H3,(H,22,24)(H,23,25). The Kier molecular flexibility index (Phi) is 4.27. The summed E-state index contributed by atoms with van der Waals surface area (Å²) in [6.45, 7) is 2.08. The molecule has 1 atom stereocenters. The second-order valence-electron chi connectivity index (χ2n) is 8.41. The molecule has 134 valence electrons. The van der Waals surface area contributed by atoms with Crippen LogP contribution < -0.4 is 10.6 Å². The number of hydrogen-bond acceptors (Lipinski definition) is 2. The maximum absolute atomic E-state index is 12.4. The van der Waals surface area contributed by atoms with Gasteiger partial charge in [-0.15, -0.1) is 0 Å². The average Bonchev–Trinajstić information content (AvgIpc) is 2.55. The summed E-state index contributed by atoms with van der Waals surface area (Å²) in [5.41, 5.74) is 0.654. The summed E-state index contributed by atoms with van der Waals surface area (Å²) in [7, 11) is 0. The zero-order chi connectivity index (χ0) is 17.6. The molecule has 4 aliphatic carbocycles. The van der Waals surface area contributed by atoms with Gasteiger partial charge in [0.1, 0.15) is 0 Å². The number of amides is 2. The van der Waals surface area contributed by atoms with Crippen molar-refractivity contribution < 1.29 is 9.59 Å². The number of halogens is 1. The number of nitrogens with one attached hydrogen (secondary N) is 2. The molecular weight excluding hydrogens is 336 g/mol. The van der Waals surface area contributed by atoms with Crippen LogP contribution in [-0.2, 0) is 9.59 Å². The first-order chi connectivity index (χ1) is 11.9. The van der Waals surface area contributed by atoms with E-state index in [1.807, 2.05) is 0 Å². The maximum Gasteiger partial charge on any atom is 0.313 e. The van der Waals surface area contributed by atoms with E-state index < -0.39 is 11.8 Å². The molecule has 5 rings (SSSR count). The summed E-state index contributed by atoms with van der Waals surface area (Å²) in [4.78, 5) is 24.6. The van der Waals surface area contributed by atoms with Crippen LogP contribution >= 0.6 is 11.6 Å². The summed E-state index contributed by atoms with van der Waals surface area (Å²) >= 11 is 6.04. The Morgan fingerprint density at radius 1 is 1.04 bits per heavy atom. The van der Waals surface area contributed by atoms with Crippen molar-refractivity contribution in [1.29, 1.82) is 0 Å². The molecule has 4 saturated carbocycles. The van der Waals surface area contributed by atoms with Crippen LogP contribution in [0.4, 0.5) is 5.69 Å². The molecule has 1 unspecified atom stereocenters. The molecule has 2 amide bonds. The lowest BCUT2D eigenvalue weighted by Gasteiger charge is -2.59. The lowest BCUT2D eigenvalue weighted by molar-refractivity contribution is -0.138. The summed E-state index contributed by atoms with van der Waals surface area (Å²) in [5.74, 6) is 1.25. The molecule has 4 bridgehead atoms. The van der Waals surface area contributed by atoms with Gasteiger partial charge in [0.25, 0.3) is 0 Å². The molecule has 0 saturated heterocycles. The largest absolute Gasteiger partial charge is 0.345 e. The minimum Gasteiger partial charge on any atom is -0.345 e. The van der Waals surface area contributed by atoms with Gasteiger partial charge in [0, 0.05) is 6.04 Å². The first kappa shape index (κ1) is 16.9. The smallest absolute Gasteiger partial charge is 0.313 e. The van der Waals surface area contributed by atoms with Crippen molar-refractivity contribution in [2.75, 3.05) is 5.32 Å². The lowest BCUT2D eigenvalue weighted by atomic mass is 9.48. The second kappa shape index (κ2) is 6.31. The molecule has 4 aliphatic rings. The number of hydrogen-bond donors (Lipinski definition) is 2. The predicted molar refractivity (Wildman–Crippen MR) is 98.3 cm³/mol. The third-order valence-electron chi connectivity index (χ3n) is 6.68. The Labute approximate surface area is 153 Å². The Bertz CT molecular complexity index is 667. The van der Waals surface area contributed by atoms with E-state index in [0.29, 0.717) is 10.7 Å². The van der Waals surface area contributed by atoms with Crippen molar-refractivity contribution in [2.45, 2.75) is 51.5 Å². The van der Waals surface area contributed by atoms with E-state index in [2.05, 4.69) is 17.6 Å². The molecule has 25 heavy (non-hydrogen) atoms. The lowest BCUT2D eigenvalue weighted by Crippen LogP contribution is -2.57. The first-order valence-corrected chi connectivity index (χ1v) is 9.69. The highest BCUT2D eigenvalue weighted by Gasteiger charge is 2.53. The van der Waals surface area contributed by atoms with Crippen molar-refractivity contribution in [3.8, 4) is 0 Å². The number of para-hydroxylation sites is 1. The van der Waals surface area contributed by atoms with Crippen LogP contribution in [0.3, 0.4) is 0 Å². The van der Waals surface area contributed by atoms with Crippen LogP contribution in [0.15, 0.2) is 24.3 Å². The van der Waals surface area contributed by atoms with E-state index in [1.165, 1.54) is 38.5 Å². The molecule has 0 spiro atoms. The second-order valence-corrected chi connectivity index (χ2v) is 8.82. The molecule has 0 heterocycles. The van der Waals surface area contributed by atoms with Gasteiger partial charge in [0.2, 0.25) is 0 Å². The molecule has 1 aromatic rings. The third kappa shape index (κ3) is 3.17. The summed E-state index contributed by atoms with van der Waals surface area (Å²) < 4.78 is 0.